The van der Waals surface area contributed by atoms with Crippen molar-refractivity contribution in [3.63, 3.8) is 0 Å². The number of aromatic nitrogens is 1. The molecule has 0 unspecified atom stereocenters. The average Bonchev–Trinajstić information content (AvgIpc) is 3.24. The average molecular weight is 475 g/mol. The van der Waals surface area contributed by atoms with Crippen LogP contribution in [0.25, 0.3) is 10.9 Å². The number of aryl methyl sites for hydroxylation is 1. The number of aromatic amines is 1. The fourth-order valence-electron chi connectivity index (χ4n) is 5.94. The quantitative estimate of drug-likeness (QED) is 0.376. The minimum atomic E-state index is -0.344. The van der Waals surface area contributed by atoms with Crippen LogP contribution in [0.3, 0.4) is 0 Å². The monoisotopic (exact) mass is 474 g/mol. The predicted molar refractivity (Wildman–Crippen MR) is 136 cm³/mol. The van der Waals surface area contributed by atoms with Crippen LogP contribution in [0.2, 0.25) is 0 Å². The van der Waals surface area contributed by atoms with Crippen LogP contribution in [0.15, 0.2) is 48.5 Å². The molecule has 7 nitrogen and oxygen atoms in total. The molecule has 0 saturated carbocycles. The summed E-state index contributed by atoms with van der Waals surface area (Å²) in [6, 6.07) is 17.0. The van der Waals surface area contributed by atoms with E-state index >= 15 is 0 Å². The summed E-state index contributed by atoms with van der Waals surface area (Å²) in [6.45, 7) is 4.93. The Balaban J connectivity index is 1.55. The first-order chi connectivity index (χ1) is 17.0. The van der Waals surface area contributed by atoms with E-state index in [2.05, 4.69) is 69.9 Å². The minimum Gasteiger partial charge on any atom is -0.468 e. The molecule has 4 atom stereocenters. The topological polar surface area (TPSA) is 86.5 Å². The number of carbonyl (C=O) groups excluding carboxylic acids is 2. The highest BCUT2D eigenvalue weighted by atomic mass is 16.5. The molecule has 0 radical (unpaired) electrons. The van der Waals surface area contributed by atoms with Gasteiger partial charge in [-0.15, -0.1) is 0 Å². The Labute approximate surface area is 206 Å². The Kier molecular flexibility index (Phi) is 6.62. The molecule has 35 heavy (non-hydrogen) atoms. The van der Waals surface area contributed by atoms with Gasteiger partial charge < -0.3 is 20.4 Å². The largest absolute Gasteiger partial charge is 0.468 e. The normalized spacial score (nSPS) is 24.0. The summed E-state index contributed by atoms with van der Waals surface area (Å²) < 4.78 is 5.33. The van der Waals surface area contributed by atoms with E-state index in [-0.39, 0.29) is 36.0 Å². The third kappa shape index (κ3) is 4.58. The number of hydrogen-bond acceptors (Lipinski definition) is 5. The number of rotatable bonds is 6. The minimum absolute atomic E-state index is 0.0185. The van der Waals surface area contributed by atoms with Crippen LogP contribution in [0.5, 0.6) is 0 Å². The number of amides is 1. The molecule has 2 aliphatic rings. The second kappa shape index (κ2) is 9.84. The van der Waals surface area contributed by atoms with Crippen molar-refractivity contribution in [1.29, 1.82) is 0 Å². The molecule has 7 heteroatoms. The summed E-state index contributed by atoms with van der Waals surface area (Å²) in [5.74, 6) is -0.199. The van der Waals surface area contributed by atoms with Gasteiger partial charge in [-0.25, -0.2) is 0 Å². The second-order valence-electron chi connectivity index (χ2n) is 9.80. The SMILES string of the molecule is COC(=O)[C@@H]1Cc2c([nH]c3ccccc23)[C@H]2C[C@H](NCCNC(C)=O)C[C@@H](c3ccc(C)cc3)N21. The van der Waals surface area contributed by atoms with Crippen molar-refractivity contribution in [2.45, 2.75) is 57.3 Å². The smallest absolute Gasteiger partial charge is 0.323 e. The molecule has 3 aromatic rings. The van der Waals surface area contributed by atoms with Gasteiger partial charge in [0.05, 0.1) is 13.2 Å². The molecule has 1 saturated heterocycles. The number of fused-ring (bicyclic) bond motifs is 5. The zero-order valence-electron chi connectivity index (χ0n) is 20.6. The number of benzene rings is 2. The fraction of sp³-hybridized carbons (Fsp3) is 0.429. The fourth-order valence-corrected chi connectivity index (χ4v) is 5.94. The summed E-state index contributed by atoms with van der Waals surface area (Å²) >= 11 is 0. The van der Waals surface area contributed by atoms with Crippen molar-refractivity contribution in [1.82, 2.24) is 20.5 Å². The van der Waals surface area contributed by atoms with Gasteiger partial charge in [0, 0.05) is 55.1 Å². The molecule has 0 bridgehead atoms. The predicted octanol–water partition coefficient (Wildman–Crippen LogP) is 3.55. The highest BCUT2D eigenvalue weighted by molar-refractivity contribution is 5.87. The molecule has 2 aliphatic heterocycles. The molecule has 1 aromatic heterocycles. The van der Waals surface area contributed by atoms with Gasteiger partial charge >= 0.3 is 5.97 Å². The molecule has 0 spiro atoms. The standard InChI is InChI=1S/C28H34N4O3/c1-17-8-10-19(11-9-17)24-14-20(30-13-12-29-18(2)33)15-25-27-22(16-26(32(24)25)28(34)35-3)21-6-4-5-7-23(21)31-27/h4-11,20,24-26,30-31H,12-16H2,1-3H3,(H,29,33)/t20-,24+,25-,26+/m1/s1. The molecule has 1 amide bonds. The van der Waals surface area contributed by atoms with Crippen LogP contribution >= 0.6 is 0 Å². The summed E-state index contributed by atoms with van der Waals surface area (Å²) in [6.07, 6.45) is 2.38. The Bertz CT molecular complexity index is 1220. The van der Waals surface area contributed by atoms with E-state index in [1.165, 1.54) is 34.9 Å². The molecule has 1 fully saturated rings. The van der Waals surface area contributed by atoms with Crippen molar-refractivity contribution < 1.29 is 14.3 Å². The van der Waals surface area contributed by atoms with Crippen molar-refractivity contribution in [3.05, 3.63) is 70.9 Å². The Morgan fingerprint density at radius 2 is 1.80 bits per heavy atom. The lowest BCUT2D eigenvalue weighted by molar-refractivity contribution is -0.152. The number of para-hydroxylation sites is 1. The van der Waals surface area contributed by atoms with Gasteiger partial charge in [-0.2, -0.15) is 0 Å². The zero-order chi connectivity index (χ0) is 24.5. The molecule has 2 aromatic carbocycles. The number of H-pyrrole nitrogens is 1. The highest BCUT2D eigenvalue weighted by Gasteiger charge is 2.48. The van der Waals surface area contributed by atoms with Crippen molar-refractivity contribution in [2.75, 3.05) is 20.2 Å². The van der Waals surface area contributed by atoms with E-state index in [0.29, 0.717) is 19.5 Å². The highest BCUT2D eigenvalue weighted by Crippen LogP contribution is 2.48. The van der Waals surface area contributed by atoms with Crippen LogP contribution in [0.4, 0.5) is 0 Å². The summed E-state index contributed by atoms with van der Waals surface area (Å²) in [4.78, 5) is 30.5. The molecular formula is C28H34N4O3. The zero-order valence-corrected chi connectivity index (χ0v) is 20.6. The van der Waals surface area contributed by atoms with E-state index < -0.39 is 0 Å². The lowest BCUT2D eigenvalue weighted by Gasteiger charge is -2.50. The van der Waals surface area contributed by atoms with Crippen LogP contribution in [-0.4, -0.2) is 54.0 Å². The van der Waals surface area contributed by atoms with Gasteiger partial charge in [-0.05, 0) is 37.0 Å². The summed E-state index contributed by atoms with van der Waals surface area (Å²) in [5.41, 5.74) is 5.96. The van der Waals surface area contributed by atoms with E-state index in [4.69, 9.17) is 4.74 Å². The van der Waals surface area contributed by atoms with Crippen LogP contribution in [0, 0.1) is 6.92 Å². The number of nitrogens with one attached hydrogen (secondary N) is 3. The van der Waals surface area contributed by atoms with E-state index in [0.717, 1.165) is 18.4 Å². The lowest BCUT2D eigenvalue weighted by Crippen LogP contribution is -2.56. The summed E-state index contributed by atoms with van der Waals surface area (Å²) in [5, 5.41) is 7.73. The van der Waals surface area contributed by atoms with Gasteiger partial charge in [-0.3, -0.25) is 14.5 Å². The first-order valence-electron chi connectivity index (χ1n) is 12.5. The van der Waals surface area contributed by atoms with E-state index in [1.807, 2.05) is 6.07 Å². The first-order valence-corrected chi connectivity index (χ1v) is 12.5. The summed E-state index contributed by atoms with van der Waals surface area (Å²) in [7, 11) is 1.49. The Morgan fingerprint density at radius 1 is 1.06 bits per heavy atom. The molecular weight excluding hydrogens is 440 g/mol. The van der Waals surface area contributed by atoms with Gasteiger partial charge in [0.25, 0.3) is 0 Å². The van der Waals surface area contributed by atoms with Crippen molar-refractivity contribution in [2.24, 2.45) is 0 Å². The first kappa shape index (κ1) is 23.6. The third-order valence-corrected chi connectivity index (χ3v) is 7.54. The number of hydrogen-bond donors (Lipinski definition) is 3. The molecule has 0 aliphatic carbocycles. The Morgan fingerprint density at radius 3 is 2.54 bits per heavy atom. The lowest BCUT2D eigenvalue weighted by atomic mass is 9.79. The molecule has 3 N–H and O–H groups in total. The van der Waals surface area contributed by atoms with Gasteiger partial charge in [-0.1, -0.05) is 48.0 Å². The number of esters is 1. The third-order valence-electron chi connectivity index (χ3n) is 7.54. The van der Waals surface area contributed by atoms with Gasteiger partial charge in [0.1, 0.15) is 6.04 Å². The molecule has 5 rings (SSSR count). The van der Waals surface area contributed by atoms with Crippen molar-refractivity contribution in [3.8, 4) is 0 Å². The number of piperidine rings is 1. The number of carbonyl (C=O) groups is 2. The maximum absolute atomic E-state index is 13.1. The molecule has 184 valence electrons. The van der Waals surface area contributed by atoms with Gasteiger partial charge in [0.15, 0.2) is 0 Å². The van der Waals surface area contributed by atoms with Crippen LogP contribution in [-0.2, 0) is 20.7 Å². The van der Waals surface area contributed by atoms with E-state index in [9.17, 15) is 9.59 Å². The maximum Gasteiger partial charge on any atom is 0.323 e. The Hall–Kier alpha value is -3.16. The number of nitrogens with zero attached hydrogens (tertiary/aromatic N) is 1. The number of methoxy groups -OCH3 is 1. The van der Waals surface area contributed by atoms with E-state index in [1.54, 1.807) is 6.92 Å². The van der Waals surface area contributed by atoms with Crippen molar-refractivity contribution >= 4 is 22.8 Å². The second-order valence-corrected chi connectivity index (χ2v) is 9.80. The maximum atomic E-state index is 13.1. The van der Waals surface area contributed by atoms with Gasteiger partial charge in [0.2, 0.25) is 5.91 Å². The van der Waals surface area contributed by atoms with Crippen LogP contribution < -0.4 is 10.6 Å². The molecule has 3 heterocycles. The van der Waals surface area contributed by atoms with Crippen LogP contribution in [0.1, 0.15) is 54.2 Å². The number of ether oxygens (including phenoxy) is 1.